The minimum atomic E-state index is 0.454. The molecule has 1 aromatic heterocycles. The largest absolute Gasteiger partial charge is 0.374 e. The Balaban J connectivity index is 1.88. The normalized spacial score (nSPS) is 11.1. The van der Waals surface area contributed by atoms with Gasteiger partial charge in [-0.2, -0.15) is 0 Å². The van der Waals surface area contributed by atoms with E-state index in [-0.39, 0.29) is 0 Å². The molecular formula is C15H11ClN4S. The molecule has 3 aromatic rings. The van der Waals surface area contributed by atoms with E-state index in [1.165, 1.54) is 11.3 Å². The molecule has 2 aromatic carbocycles. The summed E-state index contributed by atoms with van der Waals surface area (Å²) in [4.78, 5) is 4.45. The quantitative estimate of drug-likeness (QED) is 0.737. The zero-order valence-corrected chi connectivity index (χ0v) is 12.5. The fraction of sp³-hybridized carbons (Fsp3) is 0. The Morgan fingerprint density at radius 3 is 2.71 bits per heavy atom. The summed E-state index contributed by atoms with van der Waals surface area (Å²) in [6.45, 7) is 0. The molecule has 0 saturated heterocycles. The van der Waals surface area contributed by atoms with Crippen molar-refractivity contribution >= 4 is 40.0 Å². The summed E-state index contributed by atoms with van der Waals surface area (Å²) < 4.78 is 0. The number of nitrogens with zero attached hydrogens (tertiary/aromatic N) is 3. The number of aromatic nitrogens is 2. The topological polar surface area (TPSA) is 64.2 Å². The lowest BCUT2D eigenvalue weighted by Gasteiger charge is -1.99. The highest BCUT2D eigenvalue weighted by Gasteiger charge is 2.04. The van der Waals surface area contributed by atoms with Gasteiger partial charge in [-0.25, -0.2) is 0 Å². The van der Waals surface area contributed by atoms with Crippen LogP contribution in [-0.2, 0) is 0 Å². The molecule has 3 rings (SSSR count). The first-order valence-electron chi connectivity index (χ1n) is 6.20. The number of halogens is 1. The SMILES string of the molecule is Nc1nnc(-c2cccc(N=Cc3ccccc3Cl)c2)s1. The maximum absolute atomic E-state index is 6.10. The van der Waals surface area contributed by atoms with Crippen LogP contribution < -0.4 is 5.73 Å². The number of aliphatic imine (C=N–C) groups is 1. The molecule has 104 valence electrons. The van der Waals surface area contributed by atoms with Crippen molar-refractivity contribution in [2.24, 2.45) is 4.99 Å². The van der Waals surface area contributed by atoms with E-state index in [0.29, 0.717) is 10.2 Å². The smallest absolute Gasteiger partial charge is 0.203 e. The van der Waals surface area contributed by atoms with Gasteiger partial charge in [0.25, 0.3) is 0 Å². The predicted octanol–water partition coefficient (Wildman–Crippen LogP) is 4.19. The Hall–Kier alpha value is -2.24. The van der Waals surface area contributed by atoms with Crippen LogP contribution in [0, 0.1) is 0 Å². The summed E-state index contributed by atoms with van der Waals surface area (Å²) >= 11 is 7.45. The van der Waals surface area contributed by atoms with Crippen molar-refractivity contribution in [2.45, 2.75) is 0 Å². The molecule has 0 aliphatic rings. The fourth-order valence-corrected chi connectivity index (χ4v) is 2.59. The number of hydrogen-bond donors (Lipinski definition) is 1. The molecule has 0 aliphatic heterocycles. The van der Waals surface area contributed by atoms with E-state index >= 15 is 0 Å². The van der Waals surface area contributed by atoms with Gasteiger partial charge in [-0.1, -0.05) is 53.3 Å². The second kappa shape index (κ2) is 6.03. The van der Waals surface area contributed by atoms with Crippen LogP contribution in [0.5, 0.6) is 0 Å². The van der Waals surface area contributed by atoms with Crippen molar-refractivity contribution in [1.82, 2.24) is 10.2 Å². The Kier molecular flexibility index (Phi) is 3.94. The molecule has 0 fully saturated rings. The van der Waals surface area contributed by atoms with Crippen molar-refractivity contribution in [1.29, 1.82) is 0 Å². The molecule has 2 N–H and O–H groups in total. The second-order valence-electron chi connectivity index (χ2n) is 4.28. The number of hydrogen-bond acceptors (Lipinski definition) is 5. The van der Waals surface area contributed by atoms with E-state index < -0.39 is 0 Å². The van der Waals surface area contributed by atoms with E-state index in [4.69, 9.17) is 17.3 Å². The molecule has 0 saturated carbocycles. The van der Waals surface area contributed by atoms with Gasteiger partial charge in [-0.3, -0.25) is 4.99 Å². The first-order chi connectivity index (χ1) is 10.2. The summed E-state index contributed by atoms with van der Waals surface area (Å²) in [6.07, 6.45) is 1.75. The van der Waals surface area contributed by atoms with E-state index in [1.54, 1.807) is 6.21 Å². The molecule has 0 spiro atoms. The lowest BCUT2D eigenvalue weighted by atomic mass is 10.2. The van der Waals surface area contributed by atoms with E-state index in [2.05, 4.69) is 15.2 Å². The Morgan fingerprint density at radius 2 is 1.95 bits per heavy atom. The highest BCUT2D eigenvalue weighted by atomic mass is 35.5. The molecule has 6 heteroatoms. The monoisotopic (exact) mass is 314 g/mol. The lowest BCUT2D eigenvalue weighted by molar-refractivity contribution is 1.10. The van der Waals surface area contributed by atoms with Crippen LogP contribution in [0.3, 0.4) is 0 Å². The highest BCUT2D eigenvalue weighted by molar-refractivity contribution is 7.18. The highest BCUT2D eigenvalue weighted by Crippen LogP contribution is 2.27. The summed E-state index contributed by atoms with van der Waals surface area (Å²) in [7, 11) is 0. The molecule has 1 heterocycles. The third-order valence-corrected chi connectivity index (χ3v) is 3.94. The number of anilines is 1. The molecule has 0 atom stereocenters. The van der Waals surface area contributed by atoms with Gasteiger partial charge in [0.05, 0.1) is 5.69 Å². The van der Waals surface area contributed by atoms with Crippen LogP contribution in [0.25, 0.3) is 10.6 Å². The molecule has 0 amide bonds. The van der Waals surface area contributed by atoms with Crippen molar-refractivity contribution in [2.75, 3.05) is 5.73 Å². The Labute approximate surface area is 130 Å². The second-order valence-corrected chi connectivity index (χ2v) is 5.69. The maximum atomic E-state index is 6.10. The molecule has 4 nitrogen and oxygen atoms in total. The van der Waals surface area contributed by atoms with Crippen LogP contribution in [0.15, 0.2) is 53.5 Å². The van der Waals surface area contributed by atoms with Crippen LogP contribution in [-0.4, -0.2) is 16.4 Å². The maximum Gasteiger partial charge on any atom is 0.203 e. The number of nitrogens with two attached hydrogens (primary N) is 1. The summed E-state index contributed by atoms with van der Waals surface area (Å²) in [5.41, 5.74) is 8.25. The molecule has 0 bridgehead atoms. The van der Waals surface area contributed by atoms with Crippen LogP contribution in [0.2, 0.25) is 5.02 Å². The third kappa shape index (κ3) is 3.26. The fourth-order valence-electron chi connectivity index (χ4n) is 1.79. The van der Waals surface area contributed by atoms with Gasteiger partial charge in [-0.15, -0.1) is 10.2 Å². The van der Waals surface area contributed by atoms with Gasteiger partial charge in [0, 0.05) is 22.4 Å². The number of rotatable bonds is 3. The third-order valence-electron chi connectivity index (χ3n) is 2.79. The van der Waals surface area contributed by atoms with Gasteiger partial charge in [0.1, 0.15) is 5.01 Å². The van der Waals surface area contributed by atoms with Crippen molar-refractivity contribution in [3.05, 3.63) is 59.1 Å². The van der Waals surface area contributed by atoms with Crippen LogP contribution >= 0.6 is 22.9 Å². The van der Waals surface area contributed by atoms with Gasteiger partial charge in [0.15, 0.2) is 0 Å². The molecular weight excluding hydrogens is 304 g/mol. The van der Waals surface area contributed by atoms with Gasteiger partial charge in [0.2, 0.25) is 5.13 Å². The van der Waals surface area contributed by atoms with Crippen molar-refractivity contribution in [3.63, 3.8) is 0 Å². The lowest BCUT2D eigenvalue weighted by Crippen LogP contribution is -1.82. The average molecular weight is 315 g/mol. The summed E-state index contributed by atoms with van der Waals surface area (Å²) in [5, 5.41) is 9.76. The predicted molar refractivity (Wildman–Crippen MR) is 88.5 cm³/mol. The van der Waals surface area contributed by atoms with Crippen molar-refractivity contribution < 1.29 is 0 Å². The van der Waals surface area contributed by atoms with E-state index in [9.17, 15) is 0 Å². The molecule has 0 aliphatic carbocycles. The summed E-state index contributed by atoms with van der Waals surface area (Å²) in [5.74, 6) is 0. The minimum Gasteiger partial charge on any atom is -0.374 e. The van der Waals surface area contributed by atoms with Gasteiger partial charge < -0.3 is 5.73 Å². The van der Waals surface area contributed by atoms with Crippen molar-refractivity contribution in [3.8, 4) is 10.6 Å². The standard InChI is InChI=1S/C15H11ClN4S/c16-13-7-2-1-4-11(13)9-18-12-6-3-5-10(8-12)14-19-20-15(17)21-14/h1-9H,(H2,17,20). The first kappa shape index (κ1) is 13.7. The van der Waals surface area contributed by atoms with Gasteiger partial charge >= 0.3 is 0 Å². The first-order valence-corrected chi connectivity index (χ1v) is 7.40. The Morgan fingerprint density at radius 1 is 1.10 bits per heavy atom. The molecule has 0 radical (unpaired) electrons. The zero-order valence-electron chi connectivity index (χ0n) is 10.9. The zero-order chi connectivity index (χ0) is 14.7. The average Bonchev–Trinajstić information content (AvgIpc) is 2.93. The van der Waals surface area contributed by atoms with E-state index in [0.717, 1.165) is 21.8 Å². The van der Waals surface area contributed by atoms with Crippen LogP contribution in [0.1, 0.15) is 5.56 Å². The number of benzene rings is 2. The minimum absolute atomic E-state index is 0.454. The summed E-state index contributed by atoms with van der Waals surface area (Å²) in [6, 6.07) is 15.3. The van der Waals surface area contributed by atoms with Crippen LogP contribution in [0.4, 0.5) is 10.8 Å². The molecule has 21 heavy (non-hydrogen) atoms. The van der Waals surface area contributed by atoms with E-state index in [1.807, 2.05) is 48.5 Å². The molecule has 0 unspecified atom stereocenters. The van der Waals surface area contributed by atoms with Gasteiger partial charge in [-0.05, 0) is 18.2 Å². The number of nitrogen functional groups attached to an aromatic ring is 1. The Bertz CT molecular complexity index is 798.